The fourth-order valence-electron chi connectivity index (χ4n) is 2.19. The molecule has 1 aromatic rings. The summed E-state index contributed by atoms with van der Waals surface area (Å²) in [4.78, 5) is 23.6. The Bertz CT molecular complexity index is 472. The highest BCUT2D eigenvalue weighted by Gasteiger charge is 2.21. The summed E-state index contributed by atoms with van der Waals surface area (Å²) in [6.45, 7) is 6.94. The molecule has 0 unspecified atom stereocenters. The summed E-state index contributed by atoms with van der Waals surface area (Å²) in [5.74, 6) is 0. The van der Waals surface area contributed by atoms with Gasteiger partial charge in [0.2, 0.25) is 0 Å². The van der Waals surface area contributed by atoms with Crippen LogP contribution in [0.25, 0.3) is 0 Å². The lowest BCUT2D eigenvalue weighted by Crippen LogP contribution is -2.32. The standard InChI is InChI=1S/C15H22N2O3/c1-4-5-6-9-16(12(2)3)14-8-7-13(11-18)10-15(14)17(19)20/h7-8,10-12H,4-6,9H2,1-3H3. The highest BCUT2D eigenvalue weighted by molar-refractivity contribution is 5.79. The highest BCUT2D eigenvalue weighted by Crippen LogP contribution is 2.30. The lowest BCUT2D eigenvalue weighted by atomic mass is 10.1. The number of nitro benzene ring substituents is 1. The summed E-state index contributed by atoms with van der Waals surface area (Å²) < 4.78 is 0. The van der Waals surface area contributed by atoms with Crippen molar-refractivity contribution in [2.45, 2.75) is 46.1 Å². The molecule has 0 fully saturated rings. The molecule has 0 radical (unpaired) electrons. The lowest BCUT2D eigenvalue weighted by Gasteiger charge is -2.28. The van der Waals surface area contributed by atoms with Gasteiger partial charge in [0.15, 0.2) is 0 Å². The van der Waals surface area contributed by atoms with Crippen molar-refractivity contribution in [3.63, 3.8) is 0 Å². The molecule has 0 aromatic heterocycles. The first kappa shape index (κ1) is 16.1. The Morgan fingerprint density at radius 2 is 2.05 bits per heavy atom. The zero-order chi connectivity index (χ0) is 15.1. The zero-order valence-electron chi connectivity index (χ0n) is 12.3. The number of aldehydes is 1. The van der Waals surface area contributed by atoms with Gasteiger partial charge in [-0.3, -0.25) is 14.9 Å². The Morgan fingerprint density at radius 1 is 1.35 bits per heavy atom. The predicted octanol–water partition coefficient (Wildman–Crippen LogP) is 3.81. The van der Waals surface area contributed by atoms with Gasteiger partial charge in [0.1, 0.15) is 12.0 Å². The molecular formula is C15H22N2O3. The number of nitro groups is 1. The van der Waals surface area contributed by atoms with Crippen LogP contribution in [0.1, 0.15) is 50.4 Å². The van der Waals surface area contributed by atoms with Crippen LogP contribution in [0.4, 0.5) is 11.4 Å². The van der Waals surface area contributed by atoms with E-state index in [1.54, 1.807) is 12.1 Å². The maximum atomic E-state index is 11.2. The average molecular weight is 278 g/mol. The highest BCUT2D eigenvalue weighted by atomic mass is 16.6. The molecular weight excluding hydrogens is 256 g/mol. The molecule has 1 rings (SSSR count). The average Bonchev–Trinajstić information content (AvgIpc) is 2.42. The van der Waals surface area contributed by atoms with E-state index in [1.165, 1.54) is 6.07 Å². The number of hydrogen-bond acceptors (Lipinski definition) is 4. The van der Waals surface area contributed by atoms with Crippen LogP contribution in [0.5, 0.6) is 0 Å². The van der Waals surface area contributed by atoms with Gasteiger partial charge < -0.3 is 4.90 Å². The molecule has 0 bridgehead atoms. The van der Waals surface area contributed by atoms with Gasteiger partial charge >= 0.3 is 0 Å². The van der Waals surface area contributed by atoms with Crippen LogP contribution in [0, 0.1) is 10.1 Å². The fourth-order valence-corrected chi connectivity index (χ4v) is 2.19. The van der Waals surface area contributed by atoms with Gasteiger partial charge in [-0.25, -0.2) is 0 Å². The molecule has 0 aliphatic rings. The molecule has 1 aromatic carbocycles. The summed E-state index contributed by atoms with van der Waals surface area (Å²) >= 11 is 0. The van der Waals surface area contributed by atoms with Crippen molar-refractivity contribution in [3.8, 4) is 0 Å². The molecule has 0 aliphatic heterocycles. The van der Waals surface area contributed by atoms with Crippen molar-refractivity contribution in [3.05, 3.63) is 33.9 Å². The molecule has 0 spiro atoms. The number of rotatable bonds is 8. The third kappa shape index (κ3) is 4.05. The van der Waals surface area contributed by atoms with Crippen LogP contribution >= 0.6 is 0 Å². The van der Waals surface area contributed by atoms with Gasteiger partial charge in [0, 0.05) is 24.2 Å². The van der Waals surface area contributed by atoms with Gasteiger partial charge in [0.25, 0.3) is 5.69 Å². The third-order valence-corrected chi connectivity index (χ3v) is 3.27. The SMILES string of the molecule is CCCCCN(c1ccc(C=O)cc1[N+](=O)[O-])C(C)C. The van der Waals surface area contributed by atoms with Crippen molar-refractivity contribution in [1.29, 1.82) is 0 Å². The van der Waals surface area contributed by atoms with E-state index in [0.29, 0.717) is 17.5 Å². The number of hydrogen-bond donors (Lipinski definition) is 0. The van der Waals surface area contributed by atoms with E-state index >= 15 is 0 Å². The molecule has 20 heavy (non-hydrogen) atoms. The fraction of sp³-hybridized carbons (Fsp3) is 0.533. The van der Waals surface area contributed by atoms with Crippen LogP contribution in [-0.4, -0.2) is 23.8 Å². The number of carbonyl (C=O) groups is 1. The van der Waals surface area contributed by atoms with Crippen molar-refractivity contribution in [2.24, 2.45) is 0 Å². The van der Waals surface area contributed by atoms with E-state index < -0.39 is 4.92 Å². The molecule has 0 saturated heterocycles. The van der Waals surface area contributed by atoms with Crippen molar-refractivity contribution in [2.75, 3.05) is 11.4 Å². The van der Waals surface area contributed by atoms with E-state index in [9.17, 15) is 14.9 Å². The van der Waals surface area contributed by atoms with Crippen LogP contribution in [0.15, 0.2) is 18.2 Å². The first-order chi connectivity index (χ1) is 9.51. The zero-order valence-corrected chi connectivity index (χ0v) is 12.3. The molecule has 5 nitrogen and oxygen atoms in total. The molecule has 0 heterocycles. The summed E-state index contributed by atoms with van der Waals surface area (Å²) in [5.41, 5.74) is 0.921. The Kier molecular flexibility index (Phi) is 6.15. The molecule has 0 amide bonds. The van der Waals surface area contributed by atoms with E-state index in [-0.39, 0.29) is 11.7 Å². The van der Waals surface area contributed by atoms with E-state index in [4.69, 9.17) is 0 Å². The van der Waals surface area contributed by atoms with Gasteiger partial charge in [-0.1, -0.05) is 19.8 Å². The molecule has 0 atom stereocenters. The number of unbranched alkanes of at least 4 members (excludes halogenated alkanes) is 2. The predicted molar refractivity (Wildman–Crippen MR) is 80.5 cm³/mol. The maximum Gasteiger partial charge on any atom is 0.293 e. The van der Waals surface area contributed by atoms with Crippen LogP contribution in [0.2, 0.25) is 0 Å². The summed E-state index contributed by atoms with van der Waals surface area (Å²) in [7, 11) is 0. The third-order valence-electron chi connectivity index (χ3n) is 3.27. The number of benzene rings is 1. The van der Waals surface area contributed by atoms with Gasteiger partial charge in [-0.2, -0.15) is 0 Å². The second-order valence-electron chi connectivity index (χ2n) is 5.12. The quantitative estimate of drug-likeness (QED) is 0.314. The Labute approximate surface area is 119 Å². The van der Waals surface area contributed by atoms with Crippen LogP contribution < -0.4 is 4.90 Å². The topological polar surface area (TPSA) is 63.5 Å². The van der Waals surface area contributed by atoms with Crippen LogP contribution in [-0.2, 0) is 0 Å². The minimum Gasteiger partial charge on any atom is -0.364 e. The first-order valence-corrected chi connectivity index (χ1v) is 7.01. The van der Waals surface area contributed by atoms with Crippen molar-refractivity contribution >= 4 is 17.7 Å². The monoisotopic (exact) mass is 278 g/mol. The van der Waals surface area contributed by atoms with E-state index in [0.717, 1.165) is 25.8 Å². The summed E-state index contributed by atoms with van der Waals surface area (Å²) in [6.07, 6.45) is 3.84. The van der Waals surface area contributed by atoms with Crippen molar-refractivity contribution < 1.29 is 9.72 Å². The number of anilines is 1. The largest absolute Gasteiger partial charge is 0.364 e. The molecule has 0 saturated carbocycles. The summed E-state index contributed by atoms with van der Waals surface area (Å²) in [6, 6.07) is 4.82. The normalized spacial score (nSPS) is 10.6. The van der Waals surface area contributed by atoms with Gasteiger partial charge in [-0.05, 0) is 32.4 Å². The smallest absolute Gasteiger partial charge is 0.293 e. The molecule has 0 N–H and O–H groups in total. The molecule has 0 aliphatic carbocycles. The Balaban J connectivity index is 3.11. The summed E-state index contributed by atoms with van der Waals surface area (Å²) in [5, 5.41) is 11.2. The number of nitrogens with zero attached hydrogens (tertiary/aromatic N) is 2. The number of carbonyl (C=O) groups excluding carboxylic acids is 1. The second-order valence-corrected chi connectivity index (χ2v) is 5.12. The molecule has 5 heteroatoms. The Morgan fingerprint density at radius 3 is 2.55 bits per heavy atom. The van der Waals surface area contributed by atoms with Gasteiger partial charge in [0.05, 0.1) is 4.92 Å². The first-order valence-electron chi connectivity index (χ1n) is 7.01. The Hall–Kier alpha value is -1.91. The minimum atomic E-state index is -0.419. The van der Waals surface area contributed by atoms with E-state index in [1.807, 2.05) is 18.7 Å². The second kappa shape index (κ2) is 7.62. The maximum absolute atomic E-state index is 11.2. The minimum absolute atomic E-state index is 0.000187. The lowest BCUT2D eigenvalue weighted by molar-refractivity contribution is -0.384. The molecule has 110 valence electrons. The van der Waals surface area contributed by atoms with Gasteiger partial charge in [-0.15, -0.1) is 0 Å². The van der Waals surface area contributed by atoms with E-state index in [2.05, 4.69) is 6.92 Å². The van der Waals surface area contributed by atoms with Crippen molar-refractivity contribution in [1.82, 2.24) is 0 Å². The van der Waals surface area contributed by atoms with Crippen LogP contribution in [0.3, 0.4) is 0 Å².